The van der Waals surface area contributed by atoms with Crippen molar-refractivity contribution in [1.29, 1.82) is 0 Å². The van der Waals surface area contributed by atoms with Gasteiger partial charge in [-0.3, -0.25) is 24.7 Å². The van der Waals surface area contributed by atoms with Crippen LogP contribution in [0.5, 0.6) is 0 Å². The topological polar surface area (TPSA) is 119 Å². The second kappa shape index (κ2) is 18.7. The first-order valence-electron chi connectivity index (χ1n) is 23.2. The van der Waals surface area contributed by atoms with Crippen molar-refractivity contribution in [2.45, 2.75) is 88.1 Å². The molecule has 1 aromatic carbocycles. The molecule has 1 unspecified atom stereocenters. The number of ether oxygens (including phenoxy) is 2. The van der Waals surface area contributed by atoms with Crippen molar-refractivity contribution in [3.05, 3.63) is 106 Å². The Balaban J connectivity index is 0.841. The van der Waals surface area contributed by atoms with E-state index < -0.39 is 0 Å². The Kier molecular flexibility index (Phi) is 12.6. The SMILES string of the molecule is CN(C[C@@H]1Cc2c(nc(C3CC[C@H](N(C)C[C@H]4Cc5c(cccc5NCCN5CCOCC5)CN4)c4ncccc43)nc2N2CCOCC2)CN1)[C@H]1CCCc2cccnc21. The lowest BCUT2D eigenvalue weighted by Gasteiger charge is -2.39. The molecule has 5 atom stereocenters. The fraction of sp³-hybridized carbons (Fsp3) is 0.583. The molecule has 7 heterocycles. The number of hydrogen-bond acceptors (Lipinski definition) is 13. The van der Waals surface area contributed by atoms with Gasteiger partial charge in [-0.05, 0) is 99.5 Å². The van der Waals surface area contributed by atoms with Crippen LogP contribution in [-0.4, -0.2) is 140 Å². The van der Waals surface area contributed by atoms with Crippen molar-refractivity contribution in [1.82, 2.24) is 45.3 Å². The summed E-state index contributed by atoms with van der Waals surface area (Å²) in [7, 11) is 4.57. The lowest BCUT2D eigenvalue weighted by Crippen LogP contribution is -2.47. The zero-order valence-corrected chi connectivity index (χ0v) is 36.3. The highest BCUT2D eigenvalue weighted by molar-refractivity contribution is 5.56. The molecule has 13 heteroatoms. The van der Waals surface area contributed by atoms with E-state index in [2.05, 4.69) is 92.1 Å². The molecule has 2 fully saturated rings. The molecule has 2 aliphatic carbocycles. The predicted molar refractivity (Wildman–Crippen MR) is 239 cm³/mol. The molecule has 0 spiro atoms. The lowest BCUT2D eigenvalue weighted by molar-refractivity contribution is 0.0398. The number of nitrogens with zero attached hydrogens (tertiary/aromatic N) is 8. The maximum atomic E-state index is 5.84. The minimum absolute atomic E-state index is 0.104. The van der Waals surface area contributed by atoms with E-state index >= 15 is 0 Å². The molecule has 3 aromatic heterocycles. The largest absolute Gasteiger partial charge is 0.384 e. The number of morpholine rings is 2. The zero-order chi connectivity index (χ0) is 41.1. The van der Waals surface area contributed by atoms with E-state index in [1.54, 1.807) is 0 Å². The molecule has 2 saturated heterocycles. The molecular formula is C48H65N11O2. The molecule has 0 saturated carbocycles. The second-order valence-corrected chi connectivity index (χ2v) is 18.3. The summed E-state index contributed by atoms with van der Waals surface area (Å²) in [5.41, 5.74) is 11.7. The molecule has 4 aliphatic heterocycles. The van der Waals surface area contributed by atoms with E-state index in [4.69, 9.17) is 29.4 Å². The molecule has 61 heavy (non-hydrogen) atoms. The summed E-state index contributed by atoms with van der Waals surface area (Å²) in [5.74, 6) is 2.16. The Labute approximate surface area is 362 Å². The molecule has 13 nitrogen and oxygen atoms in total. The van der Waals surface area contributed by atoms with E-state index in [9.17, 15) is 0 Å². The number of pyridine rings is 2. The van der Waals surface area contributed by atoms with Crippen LogP contribution in [0, 0.1) is 0 Å². The monoisotopic (exact) mass is 828 g/mol. The third-order valence-electron chi connectivity index (χ3n) is 14.4. The summed E-state index contributed by atoms with van der Waals surface area (Å²) in [6.45, 7) is 12.4. The fourth-order valence-corrected chi connectivity index (χ4v) is 11.1. The maximum Gasteiger partial charge on any atom is 0.138 e. The number of nitrogens with one attached hydrogen (secondary N) is 3. The number of benzene rings is 1. The van der Waals surface area contributed by atoms with Crippen LogP contribution < -0.4 is 20.9 Å². The van der Waals surface area contributed by atoms with Crippen LogP contribution >= 0.6 is 0 Å². The highest BCUT2D eigenvalue weighted by atomic mass is 16.5. The Morgan fingerprint density at radius 1 is 0.738 bits per heavy atom. The van der Waals surface area contributed by atoms with Crippen molar-refractivity contribution < 1.29 is 9.47 Å². The van der Waals surface area contributed by atoms with Crippen molar-refractivity contribution in [2.75, 3.05) is 103 Å². The minimum atomic E-state index is 0.104. The van der Waals surface area contributed by atoms with Crippen LogP contribution in [0.1, 0.15) is 94.4 Å². The molecule has 0 bridgehead atoms. The number of fused-ring (bicyclic) bond motifs is 4. The maximum absolute atomic E-state index is 5.84. The molecule has 4 aromatic rings. The summed E-state index contributed by atoms with van der Waals surface area (Å²) in [6.07, 6.45) is 11.4. The van der Waals surface area contributed by atoms with Crippen LogP contribution in [0.3, 0.4) is 0 Å². The summed E-state index contributed by atoms with van der Waals surface area (Å²) in [5, 5.41) is 11.6. The van der Waals surface area contributed by atoms with E-state index in [0.29, 0.717) is 18.1 Å². The number of rotatable bonds is 12. The first-order chi connectivity index (χ1) is 30.1. The standard InChI is InChI=1S/C48H65N11O2/c1-56(43-12-4-7-33-9-5-15-50-45(33)43)32-36-28-40-42(30-53-36)54-47(55-48(40)59-21-25-61-26-22-59)38-13-14-44(46-37(38)10-6-16-51-46)57(2)31-35-27-39-34(29-52-35)8-3-11-41(39)49-17-18-58-19-23-60-24-20-58/h3,5-6,8-11,15-16,35-36,38,43-44,49,52-53H,4,7,12-14,17-32H2,1-2H3/t35-,36+,38?,43+,44+/m1/s1. The molecular weight excluding hydrogens is 763 g/mol. The molecule has 3 N–H and O–H groups in total. The lowest BCUT2D eigenvalue weighted by atomic mass is 9.81. The molecule has 0 amide bonds. The molecule has 6 aliphatic rings. The van der Waals surface area contributed by atoms with E-state index in [1.165, 1.54) is 51.3 Å². The second-order valence-electron chi connectivity index (χ2n) is 18.3. The average Bonchev–Trinajstić information content (AvgIpc) is 3.31. The van der Waals surface area contributed by atoms with Crippen molar-refractivity contribution in [3.63, 3.8) is 0 Å². The zero-order valence-electron chi connectivity index (χ0n) is 36.3. The van der Waals surface area contributed by atoms with Gasteiger partial charge in [0.2, 0.25) is 0 Å². The predicted octanol–water partition coefficient (Wildman–Crippen LogP) is 4.48. The number of anilines is 2. The molecule has 0 radical (unpaired) electrons. The Morgan fingerprint density at radius 3 is 2.26 bits per heavy atom. The number of likely N-dealkylation sites (N-methyl/N-ethyl adjacent to an activating group) is 2. The smallest absolute Gasteiger partial charge is 0.138 e. The van der Waals surface area contributed by atoms with Gasteiger partial charge in [-0.2, -0.15) is 0 Å². The van der Waals surface area contributed by atoms with Crippen LogP contribution in [0.25, 0.3) is 0 Å². The Morgan fingerprint density at radius 2 is 1.44 bits per heavy atom. The third-order valence-corrected chi connectivity index (χ3v) is 14.4. The number of hydrogen-bond donors (Lipinski definition) is 3. The first kappa shape index (κ1) is 41.0. The third kappa shape index (κ3) is 8.93. The van der Waals surface area contributed by atoms with Crippen molar-refractivity contribution >= 4 is 11.5 Å². The normalized spacial score (nSPS) is 25.4. The fourth-order valence-electron chi connectivity index (χ4n) is 11.1. The highest BCUT2D eigenvalue weighted by Gasteiger charge is 2.37. The van der Waals surface area contributed by atoms with Crippen LogP contribution in [-0.2, 0) is 41.8 Å². The van der Waals surface area contributed by atoms with Gasteiger partial charge in [-0.25, -0.2) is 9.97 Å². The number of aromatic nitrogens is 4. The van der Waals surface area contributed by atoms with Gasteiger partial charge in [0.1, 0.15) is 11.6 Å². The van der Waals surface area contributed by atoms with Gasteiger partial charge >= 0.3 is 0 Å². The van der Waals surface area contributed by atoms with E-state index in [-0.39, 0.29) is 12.0 Å². The van der Waals surface area contributed by atoms with Crippen LogP contribution in [0.2, 0.25) is 0 Å². The van der Waals surface area contributed by atoms with E-state index in [1.807, 2.05) is 12.4 Å². The summed E-state index contributed by atoms with van der Waals surface area (Å²) in [6, 6.07) is 16.7. The van der Waals surface area contributed by atoms with Gasteiger partial charge in [-0.1, -0.05) is 24.3 Å². The highest BCUT2D eigenvalue weighted by Crippen LogP contribution is 2.43. The molecule has 324 valence electrons. The minimum Gasteiger partial charge on any atom is -0.384 e. The average molecular weight is 828 g/mol. The Bertz CT molecular complexity index is 2120. The quantitative estimate of drug-likeness (QED) is 0.187. The van der Waals surface area contributed by atoms with Crippen molar-refractivity contribution in [2.24, 2.45) is 0 Å². The summed E-state index contributed by atoms with van der Waals surface area (Å²) >= 11 is 0. The Hall–Kier alpha value is -4.08. The van der Waals surface area contributed by atoms with Gasteiger partial charge in [0.05, 0.1) is 55.6 Å². The van der Waals surface area contributed by atoms with Gasteiger partial charge in [0.15, 0.2) is 0 Å². The molecule has 10 rings (SSSR count). The first-order valence-corrected chi connectivity index (χ1v) is 23.2. The summed E-state index contributed by atoms with van der Waals surface area (Å²) < 4.78 is 11.4. The van der Waals surface area contributed by atoms with Gasteiger partial charge < -0.3 is 30.3 Å². The summed E-state index contributed by atoms with van der Waals surface area (Å²) in [4.78, 5) is 31.0. The van der Waals surface area contributed by atoms with Gasteiger partial charge in [0.25, 0.3) is 0 Å². The number of aryl methyl sites for hydroxylation is 1. The van der Waals surface area contributed by atoms with Crippen LogP contribution in [0.15, 0.2) is 54.9 Å². The van der Waals surface area contributed by atoms with Crippen molar-refractivity contribution in [3.8, 4) is 0 Å². The van der Waals surface area contributed by atoms with Crippen LogP contribution in [0.4, 0.5) is 11.5 Å². The van der Waals surface area contributed by atoms with Gasteiger partial charge in [-0.15, -0.1) is 0 Å². The van der Waals surface area contributed by atoms with Gasteiger partial charge in [0, 0.05) is 107 Å². The van der Waals surface area contributed by atoms with E-state index in [0.717, 1.165) is 148 Å².